The van der Waals surface area contributed by atoms with Crippen molar-refractivity contribution in [2.24, 2.45) is 5.92 Å². The number of piperidine rings is 1. The van der Waals surface area contributed by atoms with E-state index in [1.807, 2.05) is 40.6 Å². The molecule has 0 aliphatic carbocycles. The highest BCUT2D eigenvalue weighted by Gasteiger charge is 2.32. The predicted molar refractivity (Wildman–Crippen MR) is 128 cm³/mol. The first-order valence-corrected chi connectivity index (χ1v) is 12.2. The van der Waals surface area contributed by atoms with Crippen LogP contribution in [0, 0.1) is 11.7 Å². The Balaban J connectivity index is 1.31. The summed E-state index contributed by atoms with van der Waals surface area (Å²) in [6.45, 7) is 2.45. The third-order valence-electron chi connectivity index (χ3n) is 6.22. The van der Waals surface area contributed by atoms with Crippen LogP contribution in [0.4, 0.5) is 10.1 Å². The molecule has 0 atom stereocenters. The summed E-state index contributed by atoms with van der Waals surface area (Å²) in [6.07, 6.45) is 1.16. The van der Waals surface area contributed by atoms with E-state index in [4.69, 9.17) is 9.47 Å². The molecule has 3 heterocycles. The number of likely N-dealkylation sites (tertiary alicyclic amines) is 1. The van der Waals surface area contributed by atoms with Crippen LogP contribution < -0.4 is 14.4 Å². The molecule has 6 nitrogen and oxygen atoms in total. The molecule has 0 N–H and O–H groups in total. The van der Waals surface area contributed by atoms with Gasteiger partial charge in [0, 0.05) is 41.2 Å². The quantitative estimate of drug-likeness (QED) is 0.529. The molecule has 34 heavy (non-hydrogen) atoms. The van der Waals surface area contributed by atoms with Gasteiger partial charge < -0.3 is 19.3 Å². The van der Waals surface area contributed by atoms with Gasteiger partial charge in [0.15, 0.2) is 11.5 Å². The molecular formula is C26H25FN2O4S. The summed E-state index contributed by atoms with van der Waals surface area (Å²) >= 11 is 1.61. The van der Waals surface area contributed by atoms with E-state index in [2.05, 4.69) is 0 Å². The zero-order valence-corrected chi connectivity index (χ0v) is 19.4. The topological polar surface area (TPSA) is 59.1 Å². The normalized spacial score (nSPS) is 15.7. The fourth-order valence-corrected chi connectivity index (χ4v) is 5.07. The number of hydrogen-bond donors (Lipinski definition) is 0. The Labute approximate surface area is 201 Å². The number of benzene rings is 2. The van der Waals surface area contributed by atoms with Crippen molar-refractivity contribution in [1.82, 2.24) is 4.90 Å². The lowest BCUT2D eigenvalue weighted by molar-refractivity contribution is -0.123. The van der Waals surface area contributed by atoms with Crippen LogP contribution in [0.5, 0.6) is 11.5 Å². The van der Waals surface area contributed by atoms with Crippen molar-refractivity contribution in [3.63, 3.8) is 0 Å². The first kappa shape index (κ1) is 22.4. The highest BCUT2D eigenvalue weighted by molar-refractivity contribution is 7.09. The van der Waals surface area contributed by atoms with Crippen LogP contribution in [0.3, 0.4) is 0 Å². The smallest absolute Gasteiger partial charge is 0.253 e. The van der Waals surface area contributed by atoms with Gasteiger partial charge in [-0.25, -0.2) is 4.39 Å². The van der Waals surface area contributed by atoms with Gasteiger partial charge >= 0.3 is 0 Å². The van der Waals surface area contributed by atoms with E-state index in [1.54, 1.807) is 16.2 Å². The highest BCUT2D eigenvalue weighted by Crippen LogP contribution is 2.36. The number of nitrogens with zero attached hydrogens (tertiary/aromatic N) is 2. The zero-order valence-electron chi connectivity index (χ0n) is 18.6. The van der Waals surface area contributed by atoms with Crippen LogP contribution in [-0.4, -0.2) is 43.0 Å². The second-order valence-corrected chi connectivity index (χ2v) is 9.44. The summed E-state index contributed by atoms with van der Waals surface area (Å²) in [4.78, 5) is 31.1. The number of carbonyl (C=O) groups is 2. The molecule has 2 amide bonds. The zero-order chi connectivity index (χ0) is 23.5. The molecule has 1 saturated heterocycles. The molecule has 0 unspecified atom stereocenters. The lowest BCUT2D eigenvalue weighted by Crippen LogP contribution is -2.44. The fraction of sp³-hybridized carbons (Fsp3) is 0.308. The SMILES string of the molecule is O=C(c1ccc(F)cc1)N1CCC(C(=O)N(Cc2cccs2)c2ccc3c(c2)OCCO3)CC1. The number of thiophene rings is 1. The summed E-state index contributed by atoms with van der Waals surface area (Å²) in [6, 6.07) is 15.2. The molecule has 2 aliphatic heterocycles. The Morgan fingerprint density at radius 3 is 2.44 bits per heavy atom. The van der Waals surface area contributed by atoms with Crippen molar-refractivity contribution in [3.05, 3.63) is 76.2 Å². The van der Waals surface area contributed by atoms with E-state index in [1.165, 1.54) is 24.3 Å². The molecule has 0 radical (unpaired) electrons. The summed E-state index contributed by atoms with van der Waals surface area (Å²) in [5, 5.41) is 2.00. The van der Waals surface area contributed by atoms with Crippen molar-refractivity contribution < 1.29 is 23.5 Å². The van der Waals surface area contributed by atoms with Gasteiger partial charge in [-0.2, -0.15) is 0 Å². The van der Waals surface area contributed by atoms with E-state index in [9.17, 15) is 14.0 Å². The van der Waals surface area contributed by atoms with E-state index < -0.39 is 0 Å². The maximum Gasteiger partial charge on any atom is 0.253 e. The highest BCUT2D eigenvalue weighted by atomic mass is 32.1. The third kappa shape index (κ3) is 4.77. The van der Waals surface area contributed by atoms with Gasteiger partial charge in [-0.1, -0.05) is 6.07 Å². The molecule has 2 aliphatic rings. The number of halogens is 1. The van der Waals surface area contributed by atoms with Gasteiger partial charge in [0.1, 0.15) is 19.0 Å². The fourth-order valence-electron chi connectivity index (χ4n) is 4.38. The summed E-state index contributed by atoms with van der Waals surface area (Å²) in [7, 11) is 0. The average molecular weight is 481 g/mol. The van der Waals surface area contributed by atoms with Crippen LogP contribution in [0.25, 0.3) is 0 Å². The third-order valence-corrected chi connectivity index (χ3v) is 7.08. The Hall–Kier alpha value is -3.39. The van der Waals surface area contributed by atoms with Gasteiger partial charge in [-0.15, -0.1) is 11.3 Å². The van der Waals surface area contributed by atoms with Gasteiger partial charge in [0.25, 0.3) is 5.91 Å². The predicted octanol–water partition coefficient (Wildman–Crippen LogP) is 4.74. The number of fused-ring (bicyclic) bond motifs is 1. The molecule has 3 aromatic rings. The number of anilines is 1. The molecular weight excluding hydrogens is 455 g/mol. The van der Waals surface area contributed by atoms with Crippen molar-refractivity contribution >= 4 is 28.8 Å². The molecule has 8 heteroatoms. The summed E-state index contributed by atoms with van der Waals surface area (Å²) in [5.41, 5.74) is 1.23. The first-order valence-electron chi connectivity index (χ1n) is 11.4. The molecule has 2 aromatic carbocycles. The monoisotopic (exact) mass is 480 g/mol. The minimum atomic E-state index is -0.370. The Morgan fingerprint density at radius 2 is 1.74 bits per heavy atom. The molecule has 1 fully saturated rings. The molecule has 176 valence electrons. The van der Waals surface area contributed by atoms with Crippen molar-refractivity contribution in [1.29, 1.82) is 0 Å². The second kappa shape index (κ2) is 9.85. The number of amides is 2. The van der Waals surface area contributed by atoms with E-state index in [-0.39, 0.29) is 23.5 Å². The molecule has 0 saturated carbocycles. The van der Waals surface area contributed by atoms with E-state index in [0.29, 0.717) is 62.8 Å². The van der Waals surface area contributed by atoms with Crippen LogP contribution >= 0.6 is 11.3 Å². The molecule has 5 rings (SSSR count). The maximum atomic E-state index is 13.7. The van der Waals surface area contributed by atoms with Crippen molar-refractivity contribution in [2.45, 2.75) is 19.4 Å². The first-order chi connectivity index (χ1) is 16.6. The second-order valence-electron chi connectivity index (χ2n) is 8.41. The number of hydrogen-bond acceptors (Lipinski definition) is 5. The minimum Gasteiger partial charge on any atom is -0.486 e. The van der Waals surface area contributed by atoms with Crippen molar-refractivity contribution in [2.75, 3.05) is 31.2 Å². The average Bonchev–Trinajstić information content (AvgIpc) is 3.40. The Bertz CT molecular complexity index is 1160. The summed E-state index contributed by atoms with van der Waals surface area (Å²) in [5.74, 6) is 0.682. The molecule has 1 aromatic heterocycles. The van der Waals surface area contributed by atoms with E-state index >= 15 is 0 Å². The molecule has 0 bridgehead atoms. The largest absolute Gasteiger partial charge is 0.486 e. The van der Waals surface area contributed by atoms with Gasteiger partial charge in [-0.05, 0) is 60.7 Å². The molecule has 0 spiro atoms. The van der Waals surface area contributed by atoms with Crippen LogP contribution in [0.2, 0.25) is 0 Å². The van der Waals surface area contributed by atoms with Crippen LogP contribution in [0.15, 0.2) is 60.0 Å². The Kier molecular flexibility index (Phi) is 6.49. The maximum absolute atomic E-state index is 13.7. The van der Waals surface area contributed by atoms with Gasteiger partial charge in [0.2, 0.25) is 5.91 Å². The van der Waals surface area contributed by atoms with Crippen molar-refractivity contribution in [3.8, 4) is 11.5 Å². The number of rotatable bonds is 5. The summed E-state index contributed by atoms with van der Waals surface area (Å²) < 4.78 is 24.6. The Morgan fingerprint density at radius 1 is 1.00 bits per heavy atom. The standard InChI is InChI=1S/C26H25FN2O4S/c27-20-5-3-18(4-6-20)25(30)28-11-9-19(10-12-28)26(31)29(17-22-2-1-15-34-22)21-7-8-23-24(16-21)33-14-13-32-23/h1-8,15-16,19H,9-14,17H2. The van der Waals surface area contributed by atoms with Gasteiger partial charge in [0.05, 0.1) is 6.54 Å². The lowest BCUT2D eigenvalue weighted by Gasteiger charge is -2.34. The van der Waals surface area contributed by atoms with Gasteiger partial charge in [-0.3, -0.25) is 9.59 Å². The number of carbonyl (C=O) groups excluding carboxylic acids is 2. The lowest BCUT2D eigenvalue weighted by atomic mass is 9.94. The van der Waals surface area contributed by atoms with Crippen LogP contribution in [-0.2, 0) is 11.3 Å². The minimum absolute atomic E-state index is 0.0407. The van der Waals surface area contributed by atoms with Crippen LogP contribution in [0.1, 0.15) is 28.1 Å². The van der Waals surface area contributed by atoms with E-state index in [0.717, 1.165) is 10.6 Å². The number of ether oxygens (including phenoxy) is 2.